The van der Waals surface area contributed by atoms with Crippen LogP contribution in [0, 0.1) is 0 Å². The zero-order valence-corrected chi connectivity index (χ0v) is 10.1. The van der Waals surface area contributed by atoms with Gasteiger partial charge in [0.25, 0.3) is 0 Å². The molecule has 0 saturated carbocycles. The number of carboxylic acids is 1. The van der Waals surface area contributed by atoms with Gasteiger partial charge in [0, 0.05) is 25.7 Å². The number of aliphatic carboxylic acids is 1. The lowest BCUT2D eigenvalue weighted by atomic mass is 10.3. The molecule has 0 bridgehead atoms. The molecule has 1 heterocycles. The van der Waals surface area contributed by atoms with Gasteiger partial charge in [0.15, 0.2) is 0 Å². The Morgan fingerprint density at radius 2 is 2.06 bits per heavy atom. The van der Waals surface area contributed by atoms with E-state index in [1.807, 2.05) is 18.2 Å². The van der Waals surface area contributed by atoms with Gasteiger partial charge in [-0.3, -0.25) is 9.59 Å². The summed E-state index contributed by atoms with van der Waals surface area (Å²) in [5.41, 5.74) is 0. The lowest BCUT2D eigenvalue weighted by Crippen LogP contribution is -2.26. The van der Waals surface area contributed by atoms with Crippen LogP contribution in [-0.4, -0.2) is 35.1 Å². The summed E-state index contributed by atoms with van der Waals surface area (Å²) in [6, 6.07) is 5.60. The monoisotopic (exact) mass is 251 g/mol. The molecule has 6 nitrogen and oxygen atoms in total. The van der Waals surface area contributed by atoms with Crippen molar-refractivity contribution in [3.63, 3.8) is 0 Å². The van der Waals surface area contributed by atoms with E-state index >= 15 is 0 Å². The molecule has 1 aromatic heterocycles. The highest BCUT2D eigenvalue weighted by Crippen LogP contribution is 1.98. The average Bonchev–Trinajstić information content (AvgIpc) is 2.37. The molecule has 1 amide bonds. The van der Waals surface area contributed by atoms with Gasteiger partial charge in [-0.2, -0.15) is 0 Å². The Morgan fingerprint density at radius 1 is 1.22 bits per heavy atom. The van der Waals surface area contributed by atoms with Crippen LogP contribution in [0.15, 0.2) is 24.4 Å². The number of carbonyl (C=O) groups is 2. The third kappa shape index (κ3) is 6.47. The molecule has 6 heteroatoms. The highest BCUT2D eigenvalue weighted by Gasteiger charge is 2.03. The Labute approximate surface area is 105 Å². The van der Waals surface area contributed by atoms with Crippen molar-refractivity contribution in [2.45, 2.75) is 19.3 Å². The van der Waals surface area contributed by atoms with E-state index in [9.17, 15) is 9.59 Å². The number of hydrogen-bond acceptors (Lipinski definition) is 4. The summed E-state index contributed by atoms with van der Waals surface area (Å²) in [7, 11) is 0. The number of carboxylic acid groups (broad SMARTS) is 1. The molecule has 0 aliphatic rings. The first-order chi connectivity index (χ1) is 8.68. The molecule has 0 atom stereocenters. The number of carbonyl (C=O) groups excluding carboxylic acids is 1. The molecule has 0 fully saturated rings. The van der Waals surface area contributed by atoms with Gasteiger partial charge in [-0.1, -0.05) is 6.07 Å². The molecule has 0 saturated heterocycles. The minimum absolute atomic E-state index is 0.0308. The summed E-state index contributed by atoms with van der Waals surface area (Å²) in [6.45, 7) is 1.23. The van der Waals surface area contributed by atoms with Crippen molar-refractivity contribution in [3.05, 3.63) is 24.4 Å². The van der Waals surface area contributed by atoms with Crippen molar-refractivity contribution in [2.75, 3.05) is 18.4 Å². The van der Waals surface area contributed by atoms with Gasteiger partial charge in [-0.15, -0.1) is 0 Å². The maximum atomic E-state index is 11.2. The summed E-state index contributed by atoms with van der Waals surface area (Å²) >= 11 is 0. The highest BCUT2D eigenvalue weighted by molar-refractivity contribution is 5.80. The van der Waals surface area contributed by atoms with Crippen molar-refractivity contribution in [2.24, 2.45) is 0 Å². The van der Waals surface area contributed by atoms with Crippen molar-refractivity contribution in [1.29, 1.82) is 0 Å². The van der Waals surface area contributed by atoms with E-state index in [1.165, 1.54) is 0 Å². The van der Waals surface area contributed by atoms with Gasteiger partial charge >= 0.3 is 5.97 Å². The van der Waals surface area contributed by atoms with Gasteiger partial charge in [-0.25, -0.2) is 4.98 Å². The second-order valence-electron chi connectivity index (χ2n) is 3.74. The maximum absolute atomic E-state index is 11.2. The second-order valence-corrected chi connectivity index (χ2v) is 3.74. The Hall–Kier alpha value is -2.11. The molecule has 0 radical (unpaired) electrons. The molecule has 0 unspecified atom stereocenters. The molecule has 0 aliphatic carbocycles. The number of aromatic nitrogens is 1. The van der Waals surface area contributed by atoms with Crippen LogP contribution in [0.5, 0.6) is 0 Å². The SMILES string of the molecule is O=C(O)CCC(=O)NCCCNc1ccccn1. The van der Waals surface area contributed by atoms with Crippen LogP contribution >= 0.6 is 0 Å². The minimum atomic E-state index is -0.957. The normalized spacial score (nSPS) is 9.78. The molecule has 1 aromatic rings. The number of hydrogen-bond donors (Lipinski definition) is 3. The lowest BCUT2D eigenvalue weighted by molar-refractivity contribution is -0.138. The van der Waals surface area contributed by atoms with Crippen LogP contribution in [0.4, 0.5) is 5.82 Å². The zero-order valence-electron chi connectivity index (χ0n) is 10.1. The molecule has 0 spiro atoms. The number of nitrogens with zero attached hydrogens (tertiary/aromatic N) is 1. The average molecular weight is 251 g/mol. The van der Waals surface area contributed by atoms with Crippen molar-refractivity contribution in [3.8, 4) is 0 Å². The number of amides is 1. The van der Waals surface area contributed by atoms with E-state index in [-0.39, 0.29) is 18.7 Å². The molecule has 1 rings (SSSR count). The Bertz CT molecular complexity index is 381. The number of anilines is 1. The Kier molecular flexibility index (Phi) is 6.24. The Morgan fingerprint density at radius 3 is 2.72 bits per heavy atom. The molecule has 0 aliphatic heterocycles. The van der Waals surface area contributed by atoms with Gasteiger partial charge < -0.3 is 15.7 Å². The third-order valence-corrected chi connectivity index (χ3v) is 2.21. The van der Waals surface area contributed by atoms with Crippen molar-refractivity contribution >= 4 is 17.7 Å². The van der Waals surface area contributed by atoms with Crippen LogP contribution in [0.3, 0.4) is 0 Å². The highest BCUT2D eigenvalue weighted by atomic mass is 16.4. The third-order valence-electron chi connectivity index (χ3n) is 2.21. The first-order valence-electron chi connectivity index (χ1n) is 5.82. The van der Waals surface area contributed by atoms with E-state index in [1.54, 1.807) is 6.20 Å². The van der Waals surface area contributed by atoms with E-state index in [0.717, 1.165) is 12.2 Å². The molecule has 18 heavy (non-hydrogen) atoms. The van der Waals surface area contributed by atoms with Crippen molar-refractivity contribution < 1.29 is 14.7 Å². The van der Waals surface area contributed by atoms with Gasteiger partial charge in [0.2, 0.25) is 5.91 Å². The summed E-state index contributed by atoms with van der Waals surface area (Å²) in [5, 5.41) is 14.2. The molecular weight excluding hydrogens is 234 g/mol. The van der Waals surface area contributed by atoms with Crippen molar-refractivity contribution in [1.82, 2.24) is 10.3 Å². The van der Waals surface area contributed by atoms with E-state index in [0.29, 0.717) is 13.1 Å². The topological polar surface area (TPSA) is 91.3 Å². The fraction of sp³-hybridized carbons (Fsp3) is 0.417. The van der Waals surface area contributed by atoms with Crippen LogP contribution < -0.4 is 10.6 Å². The number of rotatable bonds is 8. The van der Waals surface area contributed by atoms with Crippen LogP contribution in [0.1, 0.15) is 19.3 Å². The predicted molar refractivity (Wildman–Crippen MR) is 67.2 cm³/mol. The summed E-state index contributed by atoms with van der Waals surface area (Å²) in [4.78, 5) is 25.5. The van der Waals surface area contributed by atoms with Crippen LogP contribution in [0.25, 0.3) is 0 Å². The zero-order chi connectivity index (χ0) is 13.2. The molecule has 98 valence electrons. The van der Waals surface area contributed by atoms with E-state index in [2.05, 4.69) is 15.6 Å². The van der Waals surface area contributed by atoms with Gasteiger partial charge in [0.05, 0.1) is 6.42 Å². The fourth-order valence-corrected chi connectivity index (χ4v) is 1.31. The minimum Gasteiger partial charge on any atom is -0.481 e. The summed E-state index contributed by atoms with van der Waals surface area (Å²) in [6.07, 6.45) is 2.37. The van der Waals surface area contributed by atoms with Gasteiger partial charge in [0.1, 0.15) is 5.82 Å². The summed E-state index contributed by atoms with van der Waals surface area (Å²) in [5.74, 6) is -0.382. The lowest BCUT2D eigenvalue weighted by Gasteiger charge is -2.06. The largest absolute Gasteiger partial charge is 0.481 e. The van der Waals surface area contributed by atoms with Crippen LogP contribution in [0.2, 0.25) is 0 Å². The van der Waals surface area contributed by atoms with Gasteiger partial charge in [-0.05, 0) is 18.6 Å². The van der Waals surface area contributed by atoms with Crippen LogP contribution in [-0.2, 0) is 9.59 Å². The van der Waals surface area contributed by atoms with E-state index in [4.69, 9.17) is 5.11 Å². The first kappa shape index (κ1) is 14.0. The second kappa shape index (κ2) is 8.05. The van der Waals surface area contributed by atoms with E-state index < -0.39 is 5.97 Å². The number of nitrogens with one attached hydrogen (secondary N) is 2. The first-order valence-corrected chi connectivity index (χ1v) is 5.82. The molecule has 0 aromatic carbocycles. The Balaban J connectivity index is 2.02. The standard InChI is InChI=1S/C12H17N3O3/c16-11(5-6-12(17)18)15-9-3-8-14-10-4-1-2-7-13-10/h1-2,4,7H,3,5-6,8-9H2,(H,13,14)(H,15,16)(H,17,18). The maximum Gasteiger partial charge on any atom is 0.303 e. The predicted octanol–water partition coefficient (Wildman–Crippen LogP) is 0.865. The quantitative estimate of drug-likeness (QED) is 0.596. The summed E-state index contributed by atoms with van der Waals surface area (Å²) < 4.78 is 0. The number of pyridine rings is 1. The smallest absolute Gasteiger partial charge is 0.303 e. The fourth-order valence-electron chi connectivity index (χ4n) is 1.31. The molecular formula is C12H17N3O3. The molecule has 3 N–H and O–H groups in total.